The Kier molecular flexibility index (Phi) is 7.62. The van der Waals surface area contributed by atoms with Crippen molar-refractivity contribution in [3.05, 3.63) is 71.6 Å². The van der Waals surface area contributed by atoms with E-state index in [0.717, 1.165) is 47.7 Å². The average Bonchev–Trinajstić information content (AvgIpc) is 3.42. The minimum Gasteiger partial charge on any atom is -0.383 e. The van der Waals surface area contributed by atoms with Crippen molar-refractivity contribution >= 4 is 40.4 Å². The summed E-state index contributed by atoms with van der Waals surface area (Å²) in [5.74, 6) is 0.323. The van der Waals surface area contributed by atoms with Gasteiger partial charge in [0.25, 0.3) is 5.91 Å². The van der Waals surface area contributed by atoms with Crippen LogP contribution in [0.5, 0.6) is 0 Å². The number of nitrogens with two attached hydrogens (primary N) is 1. The predicted octanol–water partition coefficient (Wildman–Crippen LogP) is 4.23. The molecule has 0 unspecified atom stereocenters. The summed E-state index contributed by atoms with van der Waals surface area (Å²) in [5, 5.41) is 20.9. The molecule has 212 valence electrons. The fraction of sp³-hybridized carbons (Fsp3) is 0.290. The molecule has 2 bridgehead atoms. The number of fused-ring (bicyclic) bond motifs is 3. The zero-order valence-corrected chi connectivity index (χ0v) is 22.9. The number of benzene rings is 1. The summed E-state index contributed by atoms with van der Waals surface area (Å²) in [6.07, 6.45) is 11.0. The number of hydrogen-bond acceptors (Lipinski definition) is 8. The van der Waals surface area contributed by atoms with Crippen molar-refractivity contribution in [1.82, 2.24) is 25.1 Å². The molecular weight excluding hydrogens is 532 g/mol. The Morgan fingerprint density at radius 2 is 2.05 bits per heavy atom. The highest BCUT2D eigenvalue weighted by Gasteiger charge is 2.29. The Morgan fingerprint density at radius 1 is 1.19 bits per heavy atom. The van der Waals surface area contributed by atoms with Gasteiger partial charge >= 0.3 is 0 Å². The lowest BCUT2D eigenvalue weighted by Crippen LogP contribution is -2.39. The van der Waals surface area contributed by atoms with Gasteiger partial charge in [0.2, 0.25) is 5.91 Å². The van der Waals surface area contributed by atoms with Gasteiger partial charge in [-0.25, -0.2) is 9.97 Å². The molecule has 0 saturated heterocycles. The van der Waals surface area contributed by atoms with Crippen LogP contribution in [0.25, 0.3) is 28.2 Å². The van der Waals surface area contributed by atoms with Crippen LogP contribution in [0.3, 0.4) is 0 Å². The number of carbonyl (C=O) groups is 2. The minimum atomic E-state index is -0.344. The summed E-state index contributed by atoms with van der Waals surface area (Å²) < 4.78 is 7.69. The van der Waals surface area contributed by atoms with Crippen molar-refractivity contribution in [3.8, 4) is 17.3 Å². The van der Waals surface area contributed by atoms with Gasteiger partial charge in [0.05, 0.1) is 41.8 Å². The smallest absolute Gasteiger partial charge is 0.256 e. The van der Waals surface area contributed by atoms with Gasteiger partial charge in [-0.3, -0.25) is 14.3 Å². The van der Waals surface area contributed by atoms with Crippen molar-refractivity contribution in [1.29, 1.82) is 5.26 Å². The van der Waals surface area contributed by atoms with Gasteiger partial charge in [0.1, 0.15) is 17.3 Å². The fourth-order valence-corrected chi connectivity index (χ4v) is 5.65. The lowest BCUT2D eigenvalue weighted by molar-refractivity contribution is -0.123. The monoisotopic (exact) mass is 562 g/mol. The summed E-state index contributed by atoms with van der Waals surface area (Å²) in [6, 6.07) is 12.4. The van der Waals surface area contributed by atoms with Gasteiger partial charge in [-0.2, -0.15) is 10.4 Å². The molecule has 2 atom stereocenters. The number of aromatic nitrogens is 4. The van der Waals surface area contributed by atoms with Crippen LogP contribution in [-0.4, -0.2) is 50.8 Å². The van der Waals surface area contributed by atoms with Gasteiger partial charge in [-0.15, -0.1) is 0 Å². The molecule has 2 amide bonds. The molecular formula is C31H30N8O3. The van der Waals surface area contributed by atoms with Crippen LogP contribution in [0.2, 0.25) is 0 Å². The van der Waals surface area contributed by atoms with Crippen molar-refractivity contribution in [3.63, 3.8) is 0 Å². The maximum absolute atomic E-state index is 12.9. The molecule has 0 radical (unpaired) electrons. The topological polar surface area (TPSA) is 161 Å². The number of hydrogen-bond donors (Lipinski definition) is 3. The summed E-state index contributed by atoms with van der Waals surface area (Å²) in [6.45, 7) is 0.730. The Labute approximate surface area is 242 Å². The third-order valence-corrected chi connectivity index (χ3v) is 7.68. The predicted molar refractivity (Wildman–Crippen MR) is 158 cm³/mol. The molecule has 2 aliphatic rings. The van der Waals surface area contributed by atoms with E-state index < -0.39 is 0 Å². The number of carbonyl (C=O) groups excluding carboxylic acids is 2. The highest BCUT2D eigenvalue weighted by molar-refractivity contribution is 6.06. The highest BCUT2D eigenvalue weighted by atomic mass is 16.5. The number of anilines is 2. The number of nitrogen functional groups attached to an aromatic ring is 1. The first kappa shape index (κ1) is 27.1. The molecule has 4 aromatic rings. The molecule has 1 aliphatic heterocycles. The number of pyridine rings is 2. The van der Waals surface area contributed by atoms with Crippen LogP contribution in [-0.2, 0) is 9.53 Å². The molecule has 1 saturated carbocycles. The average molecular weight is 563 g/mol. The van der Waals surface area contributed by atoms with Gasteiger partial charge < -0.3 is 21.1 Å². The number of amides is 2. The Morgan fingerprint density at radius 3 is 2.88 bits per heavy atom. The SMILES string of the molecule is N#Cc1ccnc(NC(=O)c2ccc(-c3nn4c5c(cnc(N)c35)/C=C/COCCC(=O)N[C@@H]3CCC[C@@H]4C3)cc2)c1. The van der Waals surface area contributed by atoms with Crippen molar-refractivity contribution < 1.29 is 14.3 Å². The Hall–Kier alpha value is -5.08. The van der Waals surface area contributed by atoms with Gasteiger partial charge in [-0.05, 0) is 49.9 Å². The molecule has 11 nitrogen and oxygen atoms in total. The number of nitrogens with one attached hydrogen (secondary N) is 2. The standard InChI is InChI=1S/C31H30N8O3/c32-17-19-10-12-34-25(15-19)37-31(41)21-8-6-20(7-9-21)28-27-29-22(18-35-30(27)33)3-2-13-42-14-11-26(40)36-23-4-1-5-24(16-23)39(29)38-28/h2-3,6-10,12,15,18,23-24H,1,4-5,11,13-14,16H2,(H2,33,35)(H,36,40)(H,34,37,41)/b3-2+/t23-,24-/m1/s1. The zero-order chi connectivity index (χ0) is 29.1. The number of nitriles is 1. The summed E-state index contributed by atoms with van der Waals surface area (Å²) >= 11 is 0. The maximum Gasteiger partial charge on any atom is 0.256 e. The van der Waals surface area contributed by atoms with E-state index in [4.69, 9.17) is 20.8 Å². The van der Waals surface area contributed by atoms with Crippen molar-refractivity contribution in [2.45, 2.75) is 44.2 Å². The van der Waals surface area contributed by atoms with Crippen LogP contribution in [0.4, 0.5) is 11.6 Å². The molecule has 1 aliphatic carbocycles. The largest absolute Gasteiger partial charge is 0.383 e. The fourth-order valence-electron chi connectivity index (χ4n) is 5.65. The van der Waals surface area contributed by atoms with E-state index in [1.165, 1.54) is 12.3 Å². The molecule has 42 heavy (non-hydrogen) atoms. The van der Waals surface area contributed by atoms with Crippen molar-refractivity contribution in [2.24, 2.45) is 0 Å². The van der Waals surface area contributed by atoms with Crippen molar-refractivity contribution in [2.75, 3.05) is 24.3 Å². The van der Waals surface area contributed by atoms with E-state index >= 15 is 0 Å². The second kappa shape index (κ2) is 11.8. The lowest BCUT2D eigenvalue weighted by Gasteiger charge is -2.30. The summed E-state index contributed by atoms with van der Waals surface area (Å²) in [5.41, 5.74) is 10.5. The van der Waals surface area contributed by atoms with E-state index in [-0.39, 0.29) is 23.9 Å². The quantitative estimate of drug-likeness (QED) is 0.334. The number of rotatable bonds is 3. The summed E-state index contributed by atoms with van der Waals surface area (Å²) in [7, 11) is 0. The van der Waals surface area contributed by atoms with Gasteiger partial charge in [0.15, 0.2) is 0 Å². The summed E-state index contributed by atoms with van der Waals surface area (Å²) in [4.78, 5) is 34.0. The van der Waals surface area contributed by atoms with E-state index in [9.17, 15) is 9.59 Å². The molecule has 0 spiro atoms. The Balaban J connectivity index is 1.38. The first-order valence-corrected chi connectivity index (χ1v) is 14.0. The van der Waals surface area contributed by atoms with E-state index in [1.54, 1.807) is 24.4 Å². The lowest BCUT2D eigenvalue weighted by atomic mass is 9.90. The second-order valence-corrected chi connectivity index (χ2v) is 10.5. The van der Waals surface area contributed by atoms with Crippen LogP contribution in [0.15, 0.2) is 54.9 Å². The first-order valence-electron chi connectivity index (χ1n) is 14.0. The molecule has 1 fully saturated rings. The third kappa shape index (κ3) is 5.57. The first-order chi connectivity index (χ1) is 20.5. The van der Waals surface area contributed by atoms with Gasteiger partial charge in [0, 0.05) is 41.5 Å². The normalized spacial score (nSPS) is 19.7. The molecule has 4 heterocycles. The third-order valence-electron chi connectivity index (χ3n) is 7.68. The number of ether oxygens (including phenoxy) is 1. The number of nitrogens with zero attached hydrogens (tertiary/aromatic N) is 5. The van der Waals surface area contributed by atoms with Crippen LogP contribution >= 0.6 is 0 Å². The maximum atomic E-state index is 12.9. The van der Waals surface area contributed by atoms with E-state index in [1.807, 2.05) is 35.0 Å². The van der Waals surface area contributed by atoms with E-state index in [0.29, 0.717) is 48.1 Å². The zero-order valence-electron chi connectivity index (χ0n) is 22.9. The molecule has 1 aromatic carbocycles. The van der Waals surface area contributed by atoms with Crippen LogP contribution in [0.1, 0.15) is 59.6 Å². The van der Waals surface area contributed by atoms with E-state index in [2.05, 4.69) is 20.6 Å². The van der Waals surface area contributed by atoms with Crippen LogP contribution in [0, 0.1) is 11.3 Å². The van der Waals surface area contributed by atoms with Crippen LogP contribution < -0.4 is 16.4 Å². The molecule has 4 N–H and O–H groups in total. The minimum absolute atomic E-state index is 0.000453. The van der Waals surface area contributed by atoms with Gasteiger partial charge in [-0.1, -0.05) is 24.3 Å². The second-order valence-electron chi connectivity index (χ2n) is 10.5. The highest BCUT2D eigenvalue weighted by Crippen LogP contribution is 2.38. The molecule has 11 heteroatoms. The Bertz CT molecular complexity index is 1720. The molecule has 3 aromatic heterocycles. The molecule has 6 rings (SSSR count).